The Bertz CT molecular complexity index is 275. The Kier molecular flexibility index (Phi) is 3.78. The van der Waals surface area contributed by atoms with Gasteiger partial charge in [0.25, 0.3) is 0 Å². The lowest BCUT2D eigenvalue weighted by Gasteiger charge is -2.17. The zero-order valence-electron chi connectivity index (χ0n) is 7.90. The minimum Gasteiger partial charge on any atom is -0.391 e. The minimum absolute atomic E-state index is 0.288. The summed E-state index contributed by atoms with van der Waals surface area (Å²) in [5.41, 5.74) is 6.87. The molecule has 1 rings (SSSR count). The van der Waals surface area contributed by atoms with Crippen molar-refractivity contribution in [3.63, 3.8) is 0 Å². The SMILES string of the molecule is CSc1ccccc1[C@H](N)[C@H](C)O. The lowest BCUT2D eigenvalue weighted by Crippen LogP contribution is -2.23. The van der Waals surface area contributed by atoms with Gasteiger partial charge < -0.3 is 10.8 Å². The van der Waals surface area contributed by atoms with Crippen molar-refractivity contribution in [3.8, 4) is 0 Å². The molecule has 0 fully saturated rings. The highest BCUT2D eigenvalue weighted by Gasteiger charge is 2.14. The summed E-state index contributed by atoms with van der Waals surface area (Å²) in [4.78, 5) is 1.14. The zero-order chi connectivity index (χ0) is 9.84. The van der Waals surface area contributed by atoms with Gasteiger partial charge in [-0.15, -0.1) is 11.8 Å². The lowest BCUT2D eigenvalue weighted by atomic mass is 10.0. The Morgan fingerprint density at radius 1 is 1.38 bits per heavy atom. The molecule has 72 valence electrons. The Morgan fingerprint density at radius 2 is 2.00 bits per heavy atom. The van der Waals surface area contributed by atoms with Crippen LogP contribution in [-0.4, -0.2) is 17.5 Å². The van der Waals surface area contributed by atoms with E-state index in [0.29, 0.717) is 0 Å². The molecule has 3 N–H and O–H groups in total. The molecule has 0 aliphatic heterocycles. The summed E-state index contributed by atoms with van der Waals surface area (Å²) in [6, 6.07) is 7.61. The maximum absolute atomic E-state index is 9.36. The van der Waals surface area contributed by atoms with Gasteiger partial charge in [-0.1, -0.05) is 18.2 Å². The molecule has 0 aliphatic carbocycles. The van der Waals surface area contributed by atoms with Crippen LogP contribution in [0.2, 0.25) is 0 Å². The van der Waals surface area contributed by atoms with Crippen LogP contribution >= 0.6 is 11.8 Å². The Morgan fingerprint density at radius 3 is 2.54 bits per heavy atom. The first-order valence-electron chi connectivity index (χ1n) is 4.23. The van der Waals surface area contributed by atoms with Gasteiger partial charge in [0.15, 0.2) is 0 Å². The molecule has 0 amide bonds. The Balaban J connectivity index is 2.98. The quantitative estimate of drug-likeness (QED) is 0.726. The van der Waals surface area contributed by atoms with E-state index < -0.39 is 6.10 Å². The normalized spacial score (nSPS) is 15.4. The molecule has 0 aliphatic rings. The van der Waals surface area contributed by atoms with Crippen LogP contribution in [0, 0.1) is 0 Å². The number of aliphatic hydroxyl groups excluding tert-OH is 1. The van der Waals surface area contributed by atoms with Crippen LogP contribution in [0.15, 0.2) is 29.2 Å². The van der Waals surface area contributed by atoms with Gasteiger partial charge in [-0.2, -0.15) is 0 Å². The van der Waals surface area contributed by atoms with Crippen molar-refractivity contribution < 1.29 is 5.11 Å². The summed E-state index contributed by atoms with van der Waals surface area (Å²) in [6.45, 7) is 1.71. The summed E-state index contributed by atoms with van der Waals surface area (Å²) in [5.74, 6) is 0. The second-order valence-corrected chi connectivity index (χ2v) is 3.86. The van der Waals surface area contributed by atoms with Crippen LogP contribution in [-0.2, 0) is 0 Å². The summed E-state index contributed by atoms with van der Waals surface area (Å²) in [7, 11) is 0. The summed E-state index contributed by atoms with van der Waals surface area (Å²) in [6.07, 6.45) is 1.50. The van der Waals surface area contributed by atoms with Gasteiger partial charge >= 0.3 is 0 Å². The standard InChI is InChI=1S/C10H15NOS/c1-7(12)10(11)8-5-3-4-6-9(8)13-2/h3-7,10,12H,11H2,1-2H3/t7-,10+/m0/s1. The summed E-state index contributed by atoms with van der Waals surface area (Å²) < 4.78 is 0. The van der Waals surface area contributed by atoms with Gasteiger partial charge in [0, 0.05) is 4.90 Å². The van der Waals surface area contributed by atoms with E-state index in [-0.39, 0.29) is 6.04 Å². The van der Waals surface area contributed by atoms with Crippen LogP contribution in [0.25, 0.3) is 0 Å². The summed E-state index contributed by atoms with van der Waals surface area (Å²) >= 11 is 1.65. The van der Waals surface area contributed by atoms with Gasteiger partial charge in [0.05, 0.1) is 12.1 Å². The van der Waals surface area contributed by atoms with Gasteiger partial charge in [-0.05, 0) is 24.8 Å². The molecule has 0 unspecified atom stereocenters. The first-order chi connectivity index (χ1) is 6.16. The second-order valence-electron chi connectivity index (χ2n) is 3.01. The highest BCUT2D eigenvalue weighted by molar-refractivity contribution is 7.98. The van der Waals surface area contributed by atoms with Gasteiger partial charge in [0.2, 0.25) is 0 Å². The molecule has 3 heteroatoms. The van der Waals surface area contributed by atoms with E-state index in [9.17, 15) is 5.11 Å². The van der Waals surface area contributed by atoms with Crippen molar-refractivity contribution in [2.75, 3.05) is 6.26 Å². The van der Waals surface area contributed by atoms with Crippen LogP contribution in [0.5, 0.6) is 0 Å². The van der Waals surface area contributed by atoms with E-state index in [4.69, 9.17) is 5.73 Å². The Labute approximate surface area is 83.1 Å². The number of nitrogens with two attached hydrogens (primary N) is 1. The van der Waals surface area contributed by atoms with E-state index in [1.807, 2.05) is 30.5 Å². The van der Waals surface area contributed by atoms with Crippen molar-refractivity contribution >= 4 is 11.8 Å². The maximum Gasteiger partial charge on any atom is 0.0705 e. The largest absolute Gasteiger partial charge is 0.391 e. The zero-order valence-corrected chi connectivity index (χ0v) is 8.71. The first kappa shape index (κ1) is 10.6. The van der Waals surface area contributed by atoms with Crippen LogP contribution in [0.3, 0.4) is 0 Å². The van der Waals surface area contributed by atoms with Crippen LogP contribution < -0.4 is 5.73 Å². The molecule has 0 spiro atoms. The average molecular weight is 197 g/mol. The highest BCUT2D eigenvalue weighted by atomic mass is 32.2. The molecule has 0 bridgehead atoms. The molecule has 2 atom stereocenters. The average Bonchev–Trinajstić information content (AvgIpc) is 2.16. The number of aliphatic hydroxyl groups is 1. The van der Waals surface area contributed by atoms with Crippen molar-refractivity contribution in [1.82, 2.24) is 0 Å². The Hall–Kier alpha value is -0.510. The van der Waals surface area contributed by atoms with Gasteiger partial charge in [-0.25, -0.2) is 0 Å². The minimum atomic E-state index is -0.506. The van der Waals surface area contributed by atoms with Crippen molar-refractivity contribution in [3.05, 3.63) is 29.8 Å². The molecule has 0 saturated heterocycles. The lowest BCUT2D eigenvalue weighted by molar-refractivity contribution is 0.163. The smallest absolute Gasteiger partial charge is 0.0705 e. The molecule has 0 saturated carbocycles. The number of rotatable bonds is 3. The highest BCUT2D eigenvalue weighted by Crippen LogP contribution is 2.25. The topological polar surface area (TPSA) is 46.2 Å². The molecule has 0 aromatic heterocycles. The number of benzene rings is 1. The predicted molar refractivity (Wildman–Crippen MR) is 56.8 cm³/mol. The first-order valence-corrected chi connectivity index (χ1v) is 5.46. The van der Waals surface area contributed by atoms with Gasteiger partial charge in [-0.3, -0.25) is 0 Å². The molecule has 1 aromatic carbocycles. The van der Waals surface area contributed by atoms with Crippen LogP contribution in [0.4, 0.5) is 0 Å². The van der Waals surface area contributed by atoms with E-state index in [1.54, 1.807) is 18.7 Å². The molecule has 2 nitrogen and oxygen atoms in total. The van der Waals surface area contributed by atoms with E-state index in [0.717, 1.165) is 10.5 Å². The van der Waals surface area contributed by atoms with E-state index in [1.165, 1.54) is 0 Å². The molecular formula is C10H15NOS. The second kappa shape index (κ2) is 4.65. The fraction of sp³-hybridized carbons (Fsp3) is 0.400. The van der Waals surface area contributed by atoms with Gasteiger partial charge in [0.1, 0.15) is 0 Å². The van der Waals surface area contributed by atoms with Crippen LogP contribution in [0.1, 0.15) is 18.5 Å². The third-order valence-corrected chi connectivity index (χ3v) is 2.83. The number of hydrogen-bond acceptors (Lipinski definition) is 3. The van der Waals surface area contributed by atoms with E-state index in [2.05, 4.69) is 0 Å². The number of thioether (sulfide) groups is 1. The van der Waals surface area contributed by atoms with Crippen molar-refractivity contribution in [2.24, 2.45) is 5.73 Å². The molecule has 0 radical (unpaired) electrons. The predicted octanol–water partition coefficient (Wildman–Crippen LogP) is 1.79. The fourth-order valence-corrected chi connectivity index (χ4v) is 1.86. The fourth-order valence-electron chi connectivity index (χ4n) is 1.20. The molecular weight excluding hydrogens is 182 g/mol. The number of hydrogen-bond donors (Lipinski definition) is 2. The van der Waals surface area contributed by atoms with E-state index >= 15 is 0 Å². The molecule has 0 heterocycles. The third kappa shape index (κ3) is 2.46. The molecule has 13 heavy (non-hydrogen) atoms. The third-order valence-electron chi connectivity index (χ3n) is 2.02. The van der Waals surface area contributed by atoms with Crippen molar-refractivity contribution in [2.45, 2.75) is 24.0 Å². The van der Waals surface area contributed by atoms with Crippen molar-refractivity contribution in [1.29, 1.82) is 0 Å². The molecule has 1 aromatic rings. The summed E-state index contributed by atoms with van der Waals surface area (Å²) in [5, 5.41) is 9.36. The maximum atomic E-state index is 9.36. The monoisotopic (exact) mass is 197 g/mol.